The third-order valence-electron chi connectivity index (χ3n) is 4.38. The van der Waals surface area contributed by atoms with Gasteiger partial charge in [-0.25, -0.2) is 0 Å². The minimum Gasteiger partial charge on any atom is -0.343 e. The van der Waals surface area contributed by atoms with Crippen molar-refractivity contribution in [2.45, 2.75) is 45.2 Å². The highest BCUT2D eigenvalue weighted by atomic mass is 16.2. The van der Waals surface area contributed by atoms with Crippen LogP contribution in [0.5, 0.6) is 0 Å². The molecule has 2 amide bonds. The molecule has 2 rings (SSSR count). The zero-order valence-electron chi connectivity index (χ0n) is 16.8. The van der Waals surface area contributed by atoms with Crippen molar-refractivity contribution in [1.82, 2.24) is 10.2 Å². The Balaban J connectivity index is 0.000000696. The maximum absolute atomic E-state index is 12.1. The number of benzene rings is 1. The van der Waals surface area contributed by atoms with E-state index in [0.717, 1.165) is 6.54 Å². The van der Waals surface area contributed by atoms with Crippen LogP contribution in [0.4, 0.5) is 0 Å². The van der Waals surface area contributed by atoms with Crippen molar-refractivity contribution in [2.24, 2.45) is 17.2 Å². The minimum atomic E-state index is -0.362. The quantitative estimate of drug-likeness (QED) is 0.512. The van der Waals surface area contributed by atoms with Crippen molar-refractivity contribution in [3.8, 4) is 0 Å². The van der Waals surface area contributed by atoms with E-state index in [-0.39, 0.29) is 36.2 Å². The van der Waals surface area contributed by atoms with Gasteiger partial charge in [-0.1, -0.05) is 25.5 Å². The topological polar surface area (TPSA) is 145 Å². The van der Waals surface area contributed by atoms with Crippen molar-refractivity contribution in [2.75, 3.05) is 26.2 Å². The second kappa shape index (κ2) is 12.2. The molecule has 0 spiro atoms. The maximum atomic E-state index is 12.1. The van der Waals surface area contributed by atoms with Crippen LogP contribution in [0.2, 0.25) is 0 Å². The summed E-state index contributed by atoms with van der Waals surface area (Å²) in [7, 11) is 0. The van der Waals surface area contributed by atoms with E-state index in [9.17, 15) is 14.4 Å². The molecule has 1 fully saturated rings. The number of rotatable bonds is 6. The number of nitrogens with zero attached hydrogens (tertiary/aromatic N) is 1. The van der Waals surface area contributed by atoms with Gasteiger partial charge in [0.05, 0.1) is 6.54 Å². The lowest BCUT2D eigenvalue weighted by Crippen LogP contribution is -2.55. The normalized spacial score (nSPS) is 18.7. The molecule has 0 aliphatic carbocycles. The van der Waals surface area contributed by atoms with Gasteiger partial charge >= 0.3 is 0 Å². The minimum absolute atomic E-state index is 0.0649. The molecular formula is C20H33N5O3. The summed E-state index contributed by atoms with van der Waals surface area (Å²) >= 11 is 0. The van der Waals surface area contributed by atoms with E-state index >= 15 is 0 Å². The second-order valence-corrected chi connectivity index (χ2v) is 7.01. The molecule has 1 saturated heterocycles. The Morgan fingerprint density at radius 2 is 1.61 bits per heavy atom. The van der Waals surface area contributed by atoms with Crippen LogP contribution in [-0.2, 0) is 4.79 Å². The lowest BCUT2D eigenvalue weighted by atomic mass is 10.0. The van der Waals surface area contributed by atoms with Crippen LogP contribution in [0.1, 0.15) is 53.8 Å². The van der Waals surface area contributed by atoms with Crippen LogP contribution in [0.15, 0.2) is 24.3 Å². The molecule has 1 heterocycles. The van der Waals surface area contributed by atoms with Gasteiger partial charge in [-0.05, 0) is 38.4 Å². The van der Waals surface area contributed by atoms with E-state index in [1.165, 1.54) is 19.8 Å². The zero-order chi connectivity index (χ0) is 21.1. The predicted octanol–water partition coefficient (Wildman–Crippen LogP) is 0.251. The number of nitrogens with one attached hydrogen (secondary N) is 1. The van der Waals surface area contributed by atoms with E-state index in [4.69, 9.17) is 17.2 Å². The van der Waals surface area contributed by atoms with Crippen LogP contribution < -0.4 is 22.5 Å². The van der Waals surface area contributed by atoms with Gasteiger partial charge in [-0.15, -0.1) is 0 Å². The monoisotopic (exact) mass is 391 g/mol. The van der Waals surface area contributed by atoms with E-state index in [1.807, 2.05) is 0 Å². The number of unbranched alkanes of at least 4 members (excludes halogenated alkanes) is 1. The molecule has 1 aliphatic heterocycles. The number of nitrogens with two attached hydrogens (primary N) is 3. The summed E-state index contributed by atoms with van der Waals surface area (Å²) in [5.41, 5.74) is 17.8. The number of hydrogen-bond donors (Lipinski definition) is 4. The average Bonchev–Trinajstić information content (AvgIpc) is 2.66. The lowest BCUT2D eigenvalue weighted by molar-refractivity contribution is -0.131. The molecule has 0 saturated carbocycles. The van der Waals surface area contributed by atoms with Crippen LogP contribution in [0.3, 0.4) is 0 Å². The summed E-state index contributed by atoms with van der Waals surface area (Å²) < 4.78 is 0. The second-order valence-electron chi connectivity index (χ2n) is 7.01. The van der Waals surface area contributed by atoms with Crippen LogP contribution >= 0.6 is 0 Å². The first-order valence-corrected chi connectivity index (χ1v) is 9.66. The fourth-order valence-electron chi connectivity index (χ4n) is 2.81. The van der Waals surface area contributed by atoms with E-state index in [1.54, 1.807) is 29.2 Å². The molecule has 8 heteroatoms. The summed E-state index contributed by atoms with van der Waals surface area (Å²) in [4.78, 5) is 36.9. The molecule has 0 bridgehead atoms. The highest BCUT2D eigenvalue weighted by Gasteiger charge is 2.26. The SMILES string of the molecule is CC(=O)c1ccc(C(=O)NCC(=O)N2CC(N)CC(N)C2)cc1.CCCCN. The Bertz CT molecular complexity index is 636. The number of ketones is 1. The number of piperidine rings is 1. The Morgan fingerprint density at radius 3 is 2.04 bits per heavy atom. The molecule has 1 aromatic carbocycles. The van der Waals surface area contributed by atoms with Crippen molar-refractivity contribution in [3.05, 3.63) is 35.4 Å². The third-order valence-corrected chi connectivity index (χ3v) is 4.38. The first-order chi connectivity index (χ1) is 13.3. The van der Waals surface area contributed by atoms with Crippen LogP contribution in [0, 0.1) is 0 Å². The van der Waals surface area contributed by atoms with Gasteiger partial charge in [-0.2, -0.15) is 0 Å². The van der Waals surface area contributed by atoms with Gasteiger partial charge in [0.15, 0.2) is 5.78 Å². The molecule has 156 valence electrons. The average molecular weight is 392 g/mol. The Kier molecular flexibility index (Phi) is 10.4. The van der Waals surface area contributed by atoms with Crippen molar-refractivity contribution in [1.29, 1.82) is 0 Å². The Labute approximate surface area is 166 Å². The van der Waals surface area contributed by atoms with Gasteiger partial charge in [0.25, 0.3) is 5.91 Å². The first-order valence-electron chi connectivity index (χ1n) is 9.66. The largest absolute Gasteiger partial charge is 0.343 e. The highest BCUT2D eigenvalue weighted by Crippen LogP contribution is 2.08. The zero-order valence-corrected chi connectivity index (χ0v) is 16.8. The fourth-order valence-corrected chi connectivity index (χ4v) is 2.81. The smallest absolute Gasteiger partial charge is 0.251 e. The number of carbonyl (C=O) groups excluding carboxylic acids is 3. The molecular weight excluding hydrogens is 358 g/mol. The van der Waals surface area contributed by atoms with Gasteiger partial charge in [0.2, 0.25) is 5.91 Å². The molecule has 1 aromatic rings. The van der Waals surface area contributed by atoms with Gasteiger partial charge in [0, 0.05) is 36.3 Å². The molecule has 7 N–H and O–H groups in total. The summed E-state index contributed by atoms with van der Waals surface area (Å²) in [5, 5.41) is 2.58. The first kappa shape index (κ1) is 23.7. The third kappa shape index (κ3) is 8.16. The Morgan fingerprint density at radius 1 is 1.07 bits per heavy atom. The molecule has 8 nitrogen and oxygen atoms in total. The standard InChI is InChI=1S/C16H22N4O3.C4H11N/c1-10(21)11-2-4-12(5-3-11)16(23)19-7-15(22)20-8-13(17)6-14(18)9-20;1-2-3-4-5/h2-5,13-14H,6-9,17-18H2,1H3,(H,19,23);2-5H2,1H3. The summed E-state index contributed by atoms with van der Waals surface area (Å²) in [5.74, 6) is -0.631. The summed E-state index contributed by atoms with van der Waals surface area (Å²) in [6, 6.07) is 6.03. The molecule has 1 aliphatic rings. The van der Waals surface area contributed by atoms with Crippen LogP contribution in [0.25, 0.3) is 0 Å². The molecule has 28 heavy (non-hydrogen) atoms. The predicted molar refractivity (Wildman–Crippen MR) is 110 cm³/mol. The molecule has 0 aromatic heterocycles. The lowest BCUT2D eigenvalue weighted by Gasteiger charge is -2.34. The van der Waals surface area contributed by atoms with E-state index in [0.29, 0.717) is 30.6 Å². The number of Topliss-reactive ketones (excluding diaryl/α,β-unsaturated/α-hetero) is 1. The maximum Gasteiger partial charge on any atom is 0.251 e. The van der Waals surface area contributed by atoms with E-state index in [2.05, 4.69) is 12.2 Å². The number of amides is 2. The number of carbonyl (C=O) groups is 3. The molecule has 2 unspecified atom stereocenters. The van der Waals surface area contributed by atoms with E-state index < -0.39 is 0 Å². The highest BCUT2D eigenvalue weighted by molar-refractivity contribution is 5.98. The van der Waals surface area contributed by atoms with Crippen LogP contribution in [-0.4, -0.2) is 60.8 Å². The van der Waals surface area contributed by atoms with Gasteiger partial charge in [0.1, 0.15) is 0 Å². The van der Waals surface area contributed by atoms with Gasteiger partial charge in [-0.3, -0.25) is 14.4 Å². The Hall–Kier alpha value is -2.29. The van der Waals surface area contributed by atoms with Crippen molar-refractivity contribution >= 4 is 17.6 Å². The molecule has 0 radical (unpaired) electrons. The van der Waals surface area contributed by atoms with Crippen molar-refractivity contribution in [3.63, 3.8) is 0 Å². The number of hydrogen-bond acceptors (Lipinski definition) is 6. The number of likely N-dealkylation sites (tertiary alicyclic amines) is 1. The summed E-state index contributed by atoms with van der Waals surface area (Å²) in [6.07, 6.45) is 3.08. The fraction of sp³-hybridized carbons (Fsp3) is 0.550. The summed E-state index contributed by atoms with van der Waals surface area (Å²) in [6.45, 7) is 5.24. The molecule has 2 atom stereocenters. The van der Waals surface area contributed by atoms with Crippen molar-refractivity contribution < 1.29 is 14.4 Å². The van der Waals surface area contributed by atoms with Gasteiger partial charge < -0.3 is 27.4 Å².